The summed E-state index contributed by atoms with van der Waals surface area (Å²) in [5.74, 6) is -0.238. The Bertz CT molecular complexity index is 806. The van der Waals surface area contributed by atoms with Gasteiger partial charge in [-0.1, -0.05) is 6.92 Å². The molecule has 0 spiro atoms. The molecular weight excluding hydrogens is 332 g/mol. The lowest BCUT2D eigenvalue weighted by molar-refractivity contribution is -0.122. The Labute approximate surface area is 152 Å². The van der Waals surface area contributed by atoms with Crippen molar-refractivity contribution in [1.82, 2.24) is 24.9 Å². The lowest BCUT2D eigenvalue weighted by atomic mass is 10.1. The molecule has 1 N–H and O–H groups in total. The fraction of sp³-hybridized carbons (Fsp3) is 0.556. The van der Waals surface area contributed by atoms with E-state index in [0.717, 1.165) is 43.7 Å². The van der Waals surface area contributed by atoms with Crippen molar-refractivity contribution in [2.75, 3.05) is 18.0 Å². The number of aryl methyl sites for hydroxylation is 1. The Hall–Kier alpha value is -2.64. The van der Waals surface area contributed by atoms with Crippen molar-refractivity contribution in [2.24, 2.45) is 7.05 Å². The second-order valence-corrected chi connectivity index (χ2v) is 6.67. The SMILES string of the molecule is CCC(NC(=O)Cn1ncc(N2CCCCC2)cc1=O)c1ccnn1C. The molecule has 0 radical (unpaired) electrons. The van der Waals surface area contributed by atoms with E-state index in [1.807, 2.05) is 20.0 Å². The van der Waals surface area contributed by atoms with Crippen LogP contribution in [0.5, 0.6) is 0 Å². The average molecular weight is 358 g/mol. The number of nitrogens with zero attached hydrogens (tertiary/aromatic N) is 5. The number of aromatic nitrogens is 4. The third-order valence-corrected chi connectivity index (χ3v) is 4.83. The van der Waals surface area contributed by atoms with Crippen LogP contribution in [0.25, 0.3) is 0 Å². The summed E-state index contributed by atoms with van der Waals surface area (Å²) in [6, 6.07) is 3.31. The van der Waals surface area contributed by atoms with Crippen LogP contribution in [0.1, 0.15) is 44.3 Å². The first-order chi connectivity index (χ1) is 12.6. The molecule has 0 aromatic carbocycles. The van der Waals surface area contributed by atoms with Gasteiger partial charge in [0.25, 0.3) is 5.56 Å². The van der Waals surface area contributed by atoms with Gasteiger partial charge in [-0.25, -0.2) is 4.68 Å². The largest absolute Gasteiger partial charge is 0.370 e. The van der Waals surface area contributed by atoms with Gasteiger partial charge in [0.15, 0.2) is 0 Å². The van der Waals surface area contributed by atoms with E-state index in [-0.39, 0.29) is 24.1 Å². The number of carbonyl (C=O) groups is 1. The highest BCUT2D eigenvalue weighted by Crippen LogP contribution is 2.17. The van der Waals surface area contributed by atoms with Crippen LogP contribution in [-0.2, 0) is 18.4 Å². The number of nitrogens with one attached hydrogen (secondary N) is 1. The van der Waals surface area contributed by atoms with Crippen LogP contribution < -0.4 is 15.8 Å². The second-order valence-electron chi connectivity index (χ2n) is 6.67. The maximum absolute atomic E-state index is 12.4. The van der Waals surface area contributed by atoms with Gasteiger partial charge in [-0.05, 0) is 31.7 Å². The number of hydrogen-bond acceptors (Lipinski definition) is 5. The molecule has 1 aliphatic heterocycles. The lowest BCUT2D eigenvalue weighted by Crippen LogP contribution is -2.37. The number of amides is 1. The second kappa shape index (κ2) is 8.16. The fourth-order valence-corrected chi connectivity index (χ4v) is 3.35. The van der Waals surface area contributed by atoms with Gasteiger partial charge >= 0.3 is 0 Å². The minimum absolute atomic E-state index is 0.0898. The third-order valence-electron chi connectivity index (χ3n) is 4.83. The lowest BCUT2D eigenvalue weighted by Gasteiger charge is -2.28. The van der Waals surface area contributed by atoms with Gasteiger partial charge in [-0.3, -0.25) is 14.3 Å². The Balaban J connectivity index is 1.65. The summed E-state index contributed by atoms with van der Waals surface area (Å²) in [7, 11) is 1.84. The number of rotatable bonds is 6. The normalized spacial score (nSPS) is 15.7. The third kappa shape index (κ3) is 4.12. The summed E-state index contributed by atoms with van der Waals surface area (Å²) in [5, 5.41) is 11.3. The predicted molar refractivity (Wildman–Crippen MR) is 98.9 cm³/mol. The van der Waals surface area contributed by atoms with E-state index in [0.29, 0.717) is 0 Å². The molecule has 1 amide bonds. The molecule has 0 saturated carbocycles. The molecule has 0 aliphatic carbocycles. The topological polar surface area (TPSA) is 85.1 Å². The minimum atomic E-state index is -0.253. The Morgan fingerprint density at radius 2 is 2.04 bits per heavy atom. The molecule has 2 aromatic heterocycles. The van der Waals surface area contributed by atoms with Crippen LogP contribution in [0.15, 0.2) is 29.3 Å². The maximum Gasteiger partial charge on any atom is 0.269 e. The van der Waals surface area contributed by atoms with Gasteiger partial charge in [0.1, 0.15) is 6.54 Å². The Kier molecular flexibility index (Phi) is 5.70. The van der Waals surface area contributed by atoms with Crippen molar-refractivity contribution in [3.8, 4) is 0 Å². The first-order valence-corrected chi connectivity index (χ1v) is 9.18. The van der Waals surface area contributed by atoms with Crippen LogP contribution in [0.4, 0.5) is 5.69 Å². The highest BCUT2D eigenvalue weighted by atomic mass is 16.2. The average Bonchev–Trinajstić information content (AvgIpc) is 3.08. The molecular formula is C18H26N6O2. The summed E-state index contributed by atoms with van der Waals surface area (Å²) >= 11 is 0. The van der Waals surface area contributed by atoms with Gasteiger partial charge in [-0.2, -0.15) is 10.2 Å². The van der Waals surface area contributed by atoms with Crippen molar-refractivity contribution in [3.05, 3.63) is 40.6 Å². The smallest absolute Gasteiger partial charge is 0.269 e. The highest BCUT2D eigenvalue weighted by Gasteiger charge is 2.17. The van der Waals surface area contributed by atoms with Gasteiger partial charge < -0.3 is 10.2 Å². The molecule has 8 nitrogen and oxygen atoms in total. The summed E-state index contributed by atoms with van der Waals surface area (Å²) in [6.07, 6.45) is 7.63. The van der Waals surface area contributed by atoms with Crippen LogP contribution in [0, 0.1) is 0 Å². The van der Waals surface area contributed by atoms with Crippen molar-refractivity contribution < 1.29 is 4.79 Å². The van der Waals surface area contributed by atoms with E-state index in [1.54, 1.807) is 23.1 Å². The molecule has 2 aromatic rings. The fourth-order valence-electron chi connectivity index (χ4n) is 3.35. The Morgan fingerprint density at radius 1 is 1.27 bits per heavy atom. The molecule has 1 saturated heterocycles. The van der Waals surface area contributed by atoms with Crippen molar-refractivity contribution in [1.29, 1.82) is 0 Å². The van der Waals surface area contributed by atoms with Crippen LogP contribution in [0.2, 0.25) is 0 Å². The summed E-state index contributed by atoms with van der Waals surface area (Å²) in [6.45, 7) is 3.81. The first-order valence-electron chi connectivity index (χ1n) is 9.18. The summed E-state index contributed by atoms with van der Waals surface area (Å²) in [4.78, 5) is 26.9. The highest BCUT2D eigenvalue weighted by molar-refractivity contribution is 5.76. The van der Waals surface area contributed by atoms with Crippen molar-refractivity contribution in [2.45, 2.75) is 45.2 Å². The molecule has 140 valence electrons. The minimum Gasteiger partial charge on any atom is -0.370 e. The molecule has 1 unspecified atom stereocenters. The van der Waals surface area contributed by atoms with Gasteiger partial charge in [0, 0.05) is 32.4 Å². The number of carbonyl (C=O) groups excluding carboxylic acids is 1. The summed E-state index contributed by atoms with van der Waals surface area (Å²) in [5.41, 5.74) is 1.52. The van der Waals surface area contributed by atoms with Crippen LogP contribution >= 0.6 is 0 Å². The predicted octanol–water partition coefficient (Wildman–Crippen LogP) is 1.23. The number of anilines is 1. The van der Waals surface area contributed by atoms with E-state index in [1.165, 1.54) is 11.1 Å². The zero-order chi connectivity index (χ0) is 18.5. The molecule has 8 heteroatoms. The zero-order valence-electron chi connectivity index (χ0n) is 15.4. The maximum atomic E-state index is 12.4. The first kappa shape index (κ1) is 18.2. The van der Waals surface area contributed by atoms with Gasteiger partial charge in [0.2, 0.25) is 5.91 Å². The van der Waals surface area contributed by atoms with Gasteiger partial charge in [0.05, 0.1) is 23.6 Å². The monoisotopic (exact) mass is 358 g/mol. The van der Waals surface area contributed by atoms with Crippen LogP contribution in [-0.4, -0.2) is 38.6 Å². The van der Waals surface area contributed by atoms with Crippen molar-refractivity contribution in [3.63, 3.8) is 0 Å². The van der Waals surface area contributed by atoms with Crippen molar-refractivity contribution >= 4 is 11.6 Å². The summed E-state index contributed by atoms with van der Waals surface area (Å²) < 4.78 is 2.95. The van der Waals surface area contributed by atoms with E-state index >= 15 is 0 Å². The number of hydrogen-bond donors (Lipinski definition) is 1. The quantitative estimate of drug-likeness (QED) is 0.840. The molecule has 3 heterocycles. The van der Waals surface area contributed by atoms with E-state index in [9.17, 15) is 9.59 Å². The molecule has 1 fully saturated rings. The van der Waals surface area contributed by atoms with E-state index in [2.05, 4.69) is 20.4 Å². The van der Waals surface area contributed by atoms with Gasteiger partial charge in [-0.15, -0.1) is 0 Å². The molecule has 1 atom stereocenters. The molecule has 1 aliphatic rings. The van der Waals surface area contributed by atoms with Crippen LogP contribution in [0.3, 0.4) is 0 Å². The molecule has 3 rings (SSSR count). The van der Waals surface area contributed by atoms with E-state index < -0.39 is 0 Å². The number of piperidine rings is 1. The standard InChI is InChI=1S/C18H26N6O2/c1-3-15(16-7-8-19-22(16)2)21-17(25)13-24-18(26)11-14(12-20-24)23-9-5-4-6-10-23/h7-8,11-12,15H,3-6,9-10,13H2,1-2H3,(H,21,25). The zero-order valence-corrected chi connectivity index (χ0v) is 15.4. The Morgan fingerprint density at radius 3 is 2.65 bits per heavy atom. The molecule has 0 bridgehead atoms. The molecule has 26 heavy (non-hydrogen) atoms. The van der Waals surface area contributed by atoms with E-state index in [4.69, 9.17) is 0 Å².